The van der Waals surface area contributed by atoms with Gasteiger partial charge in [0.15, 0.2) is 0 Å². The highest BCUT2D eigenvalue weighted by Gasteiger charge is 2.29. The fraction of sp³-hybridized carbons (Fsp3) is 0.481. The number of sulfonamides is 1. The molecule has 0 radical (unpaired) electrons. The number of carbonyl (C=O) groups excluding carboxylic acids is 2. The molecule has 0 bridgehead atoms. The molecule has 0 aliphatic carbocycles. The van der Waals surface area contributed by atoms with Crippen LogP contribution in [0.25, 0.3) is 0 Å². The minimum absolute atomic E-state index is 0.0455. The number of rotatable bonds is 8. The smallest absolute Gasteiger partial charge is 0.243 e. The number of nitrogens with zero attached hydrogens (tertiary/aromatic N) is 3. The Morgan fingerprint density at radius 2 is 1.66 bits per heavy atom. The van der Waals surface area contributed by atoms with Crippen molar-refractivity contribution in [2.24, 2.45) is 5.92 Å². The van der Waals surface area contributed by atoms with Crippen molar-refractivity contribution in [1.82, 2.24) is 9.21 Å². The van der Waals surface area contributed by atoms with Crippen LogP contribution >= 0.6 is 0 Å². The maximum Gasteiger partial charge on any atom is 0.243 e. The van der Waals surface area contributed by atoms with E-state index in [0.717, 1.165) is 42.7 Å². The molecule has 7 nitrogen and oxygen atoms in total. The van der Waals surface area contributed by atoms with Crippen LogP contribution in [0.15, 0.2) is 53.4 Å². The minimum Gasteiger partial charge on any atom is -0.343 e. The topological polar surface area (TPSA) is 78.0 Å². The van der Waals surface area contributed by atoms with Gasteiger partial charge < -0.3 is 9.80 Å². The summed E-state index contributed by atoms with van der Waals surface area (Å²) in [5.41, 5.74) is 2.54. The van der Waals surface area contributed by atoms with Crippen molar-refractivity contribution in [2.45, 2.75) is 57.4 Å². The Balaban J connectivity index is 1.41. The molecule has 1 saturated heterocycles. The molecule has 2 aliphatic heterocycles. The van der Waals surface area contributed by atoms with Crippen molar-refractivity contribution in [3.05, 3.63) is 59.7 Å². The number of amides is 2. The first kappa shape index (κ1) is 25.4. The van der Waals surface area contributed by atoms with Gasteiger partial charge in [0.1, 0.15) is 0 Å². The first-order valence-corrected chi connectivity index (χ1v) is 14.0. The van der Waals surface area contributed by atoms with E-state index in [1.54, 1.807) is 23.1 Å². The molecule has 2 aromatic rings. The van der Waals surface area contributed by atoms with E-state index in [-0.39, 0.29) is 29.6 Å². The molecule has 0 N–H and O–H groups in total. The molecular weight excluding hydrogens is 462 g/mol. The summed E-state index contributed by atoms with van der Waals surface area (Å²) in [6.07, 6.45) is 3.03. The Morgan fingerprint density at radius 1 is 0.971 bits per heavy atom. The van der Waals surface area contributed by atoms with Crippen LogP contribution in [0.2, 0.25) is 0 Å². The lowest BCUT2D eigenvalue weighted by molar-refractivity contribution is -0.134. The van der Waals surface area contributed by atoms with Crippen molar-refractivity contribution in [3.63, 3.8) is 0 Å². The summed E-state index contributed by atoms with van der Waals surface area (Å²) in [5, 5.41) is 0. The number of piperidine rings is 1. The van der Waals surface area contributed by atoms with E-state index in [1.165, 1.54) is 4.31 Å². The molecule has 0 spiro atoms. The minimum atomic E-state index is -3.67. The summed E-state index contributed by atoms with van der Waals surface area (Å²) >= 11 is 0. The summed E-state index contributed by atoms with van der Waals surface area (Å²) in [5.74, 6) is 0.611. The van der Waals surface area contributed by atoms with Crippen LogP contribution in [-0.4, -0.2) is 55.6 Å². The summed E-state index contributed by atoms with van der Waals surface area (Å²) in [6, 6.07) is 14.6. The van der Waals surface area contributed by atoms with Crippen molar-refractivity contribution < 1.29 is 18.0 Å². The highest BCUT2D eigenvalue weighted by Crippen LogP contribution is 2.32. The zero-order valence-electron chi connectivity index (χ0n) is 20.7. The molecule has 188 valence electrons. The first-order chi connectivity index (χ1) is 16.8. The average Bonchev–Trinajstić information content (AvgIpc) is 3.30. The number of fused-ring (bicyclic) bond motifs is 1. The van der Waals surface area contributed by atoms with Gasteiger partial charge in [-0.1, -0.05) is 44.2 Å². The zero-order valence-corrected chi connectivity index (χ0v) is 21.5. The lowest BCUT2D eigenvalue weighted by Crippen LogP contribution is -2.38. The monoisotopic (exact) mass is 497 g/mol. The van der Waals surface area contributed by atoms with Crippen molar-refractivity contribution in [2.75, 3.05) is 31.1 Å². The summed E-state index contributed by atoms with van der Waals surface area (Å²) in [6.45, 7) is 6.77. The Labute approximate surface area is 208 Å². The summed E-state index contributed by atoms with van der Waals surface area (Å²) < 4.78 is 28.1. The molecule has 2 aromatic carbocycles. The van der Waals surface area contributed by atoms with Gasteiger partial charge in [-0.05, 0) is 54.5 Å². The molecule has 35 heavy (non-hydrogen) atoms. The summed E-state index contributed by atoms with van der Waals surface area (Å²) in [7, 11) is -3.67. The van der Waals surface area contributed by atoms with Gasteiger partial charge in [-0.2, -0.15) is 4.31 Å². The van der Waals surface area contributed by atoms with Gasteiger partial charge in [0.2, 0.25) is 21.8 Å². The number of benzene rings is 2. The Hall–Kier alpha value is -2.71. The van der Waals surface area contributed by atoms with E-state index >= 15 is 0 Å². The van der Waals surface area contributed by atoms with Crippen molar-refractivity contribution >= 4 is 27.5 Å². The second-order valence-electron chi connectivity index (χ2n) is 9.57. The van der Waals surface area contributed by atoms with Gasteiger partial charge in [-0.3, -0.25) is 9.59 Å². The molecule has 0 saturated carbocycles. The van der Waals surface area contributed by atoms with Crippen molar-refractivity contribution in [3.8, 4) is 0 Å². The lowest BCUT2D eigenvalue weighted by Gasteiger charge is -2.30. The van der Waals surface area contributed by atoms with E-state index in [2.05, 4.69) is 6.92 Å². The number of likely N-dealkylation sites (tertiary alicyclic amines) is 1. The molecule has 8 heteroatoms. The molecule has 2 aliphatic rings. The van der Waals surface area contributed by atoms with Gasteiger partial charge in [-0.25, -0.2) is 8.42 Å². The third kappa shape index (κ3) is 5.76. The molecule has 2 heterocycles. The van der Waals surface area contributed by atoms with Gasteiger partial charge in [0, 0.05) is 51.3 Å². The van der Waals surface area contributed by atoms with E-state index in [0.29, 0.717) is 32.0 Å². The lowest BCUT2D eigenvalue weighted by atomic mass is 9.99. The molecule has 2 amide bonds. The van der Waals surface area contributed by atoms with Crippen LogP contribution < -0.4 is 4.90 Å². The van der Waals surface area contributed by atoms with Crippen LogP contribution in [0.1, 0.15) is 50.7 Å². The SMILES string of the molecule is CCN(Cc1ccccc1)S(=O)(=O)c1ccc2c(c1)CCN2C(=O)CCC(=O)N1CCC(C)CC1. The normalized spacial score (nSPS) is 16.5. The van der Waals surface area contributed by atoms with Crippen LogP contribution in [0.4, 0.5) is 5.69 Å². The third-order valence-electron chi connectivity index (χ3n) is 7.13. The third-order valence-corrected chi connectivity index (χ3v) is 9.05. The van der Waals surface area contributed by atoms with Crippen LogP contribution in [0.5, 0.6) is 0 Å². The quantitative estimate of drug-likeness (QED) is 0.555. The largest absolute Gasteiger partial charge is 0.343 e. The Morgan fingerprint density at radius 3 is 2.34 bits per heavy atom. The van der Waals surface area contributed by atoms with Gasteiger partial charge in [-0.15, -0.1) is 0 Å². The fourth-order valence-electron chi connectivity index (χ4n) is 4.87. The van der Waals surface area contributed by atoms with E-state index in [4.69, 9.17) is 0 Å². The molecular formula is C27H35N3O4S. The van der Waals surface area contributed by atoms with Crippen LogP contribution in [-0.2, 0) is 32.6 Å². The molecule has 0 atom stereocenters. The van der Waals surface area contributed by atoms with Crippen molar-refractivity contribution in [1.29, 1.82) is 0 Å². The summed E-state index contributed by atoms with van der Waals surface area (Å²) in [4.78, 5) is 29.3. The second-order valence-corrected chi connectivity index (χ2v) is 11.5. The second kappa shape index (κ2) is 10.9. The highest BCUT2D eigenvalue weighted by atomic mass is 32.2. The van der Waals surface area contributed by atoms with E-state index in [9.17, 15) is 18.0 Å². The molecule has 1 fully saturated rings. The fourth-order valence-corrected chi connectivity index (χ4v) is 6.35. The predicted octanol–water partition coefficient (Wildman–Crippen LogP) is 3.83. The van der Waals surface area contributed by atoms with E-state index in [1.807, 2.05) is 42.2 Å². The molecule has 4 rings (SSSR count). The number of hydrogen-bond donors (Lipinski definition) is 0. The standard InChI is InChI=1S/C27H35N3O4S/c1-3-29(20-22-7-5-4-6-8-22)35(33,34)24-9-10-25-23(19-24)15-18-30(25)27(32)12-11-26(31)28-16-13-21(2)14-17-28/h4-10,19,21H,3,11-18,20H2,1-2H3. The predicted molar refractivity (Wildman–Crippen MR) is 136 cm³/mol. The zero-order chi connectivity index (χ0) is 25.0. The molecule has 0 aromatic heterocycles. The van der Waals surface area contributed by atoms with Gasteiger partial charge in [0.25, 0.3) is 0 Å². The van der Waals surface area contributed by atoms with Gasteiger partial charge in [0.05, 0.1) is 4.90 Å². The molecule has 0 unspecified atom stereocenters. The Kier molecular flexibility index (Phi) is 7.91. The van der Waals surface area contributed by atoms with Crippen LogP contribution in [0, 0.1) is 5.92 Å². The first-order valence-electron chi connectivity index (χ1n) is 12.5. The number of carbonyl (C=O) groups is 2. The van der Waals surface area contributed by atoms with Gasteiger partial charge >= 0.3 is 0 Å². The maximum absolute atomic E-state index is 13.3. The highest BCUT2D eigenvalue weighted by molar-refractivity contribution is 7.89. The number of anilines is 1. The average molecular weight is 498 g/mol. The van der Waals surface area contributed by atoms with E-state index < -0.39 is 10.0 Å². The Bertz CT molecular complexity index is 1160. The van der Waals surface area contributed by atoms with Crippen LogP contribution in [0.3, 0.4) is 0 Å². The maximum atomic E-state index is 13.3. The number of hydrogen-bond acceptors (Lipinski definition) is 4.